The second-order valence-electron chi connectivity index (χ2n) is 5.21. The summed E-state index contributed by atoms with van der Waals surface area (Å²) in [6.45, 7) is 7.02. The third-order valence-corrected chi connectivity index (χ3v) is 10.2. The number of hydrogen-bond donors (Lipinski definition) is 0. The van der Waals surface area contributed by atoms with Gasteiger partial charge in [0.05, 0.1) is 8.07 Å². The molecule has 0 N–H and O–H groups in total. The number of hydrogen-bond acceptors (Lipinski definition) is 0. The highest BCUT2D eigenvalue weighted by atomic mass is 28.3. The van der Waals surface area contributed by atoms with E-state index in [1.165, 1.54) is 24.1 Å². The monoisotopic (exact) mass is 256 g/mol. The smallest absolute Gasteiger partial charge is 0.0797 e. The van der Waals surface area contributed by atoms with E-state index < -0.39 is 8.07 Å². The van der Waals surface area contributed by atoms with Gasteiger partial charge >= 0.3 is 0 Å². The van der Waals surface area contributed by atoms with E-state index in [2.05, 4.69) is 69.3 Å². The van der Waals surface area contributed by atoms with Crippen LogP contribution in [-0.4, -0.2) is 8.07 Å². The Morgan fingerprint density at radius 3 is 2.17 bits per heavy atom. The first-order chi connectivity index (χ1) is 8.76. The van der Waals surface area contributed by atoms with Crippen molar-refractivity contribution in [2.75, 3.05) is 0 Å². The van der Waals surface area contributed by atoms with Gasteiger partial charge in [-0.2, -0.15) is 0 Å². The maximum atomic E-state index is 2.53. The molecule has 0 bridgehead atoms. The van der Waals surface area contributed by atoms with Crippen LogP contribution < -0.4 is 5.19 Å². The molecule has 0 aliphatic heterocycles. The molecule has 0 amide bonds. The van der Waals surface area contributed by atoms with Crippen LogP contribution in [0, 0.1) is 0 Å². The summed E-state index contributed by atoms with van der Waals surface area (Å²) in [7, 11) is -1.41. The molecule has 18 heavy (non-hydrogen) atoms. The first kappa shape index (κ1) is 13.4. The first-order valence-corrected chi connectivity index (χ1v) is 9.70. The molecule has 1 aliphatic carbocycles. The van der Waals surface area contributed by atoms with Crippen molar-refractivity contribution >= 4 is 13.3 Å². The second kappa shape index (κ2) is 5.70. The third-order valence-electron chi connectivity index (χ3n) is 4.57. The van der Waals surface area contributed by atoms with Crippen molar-refractivity contribution in [3.63, 3.8) is 0 Å². The van der Waals surface area contributed by atoms with Crippen LogP contribution in [-0.2, 0) is 0 Å². The number of rotatable bonds is 5. The van der Waals surface area contributed by atoms with Crippen LogP contribution in [0.3, 0.4) is 0 Å². The molecule has 1 heteroatoms. The van der Waals surface area contributed by atoms with Crippen molar-refractivity contribution in [2.24, 2.45) is 0 Å². The van der Waals surface area contributed by atoms with E-state index in [4.69, 9.17) is 0 Å². The molecule has 1 aromatic rings. The maximum Gasteiger partial charge on any atom is 0.0966 e. The fourth-order valence-electron chi connectivity index (χ4n) is 3.24. The van der Waals surface area contributed by atoms with Gasteiger partial charge in [-0.15, -0.1) is 0 Å². The molecule has 0 heterocycles. The van der Waals surface area contributed by atoms with Gasteiger partial charge in [0.15, 0.2) is 0 Å². The van der Waals surface area contributed by atoms with Gasteiger partial charge in [-0.25, -0.2) is 0 Å². The predicted molar refractivity (Wildman–Crippen MR) is 84.1 cm³/mol. The van der Waals surface area contributed by atoms with Gasteiger partial charge in [0.2, 0.25) is 0 Å². The Kier molecular flexibility index (Phi) is 4.23. The van der Waals surface area contributed by atoms with Crippen LogP contribution in [0.2, 0.25) is 17.6 Å². The Morgan fingerprint density at radius 2 is 1.67 bits per heavy atom. The largest absolute Gasteiger partial charge is 0.0966 e. The molecule has 0 radical (unpaired) electrons. The summed E-state index contributed by atoms with van der Waals surface area (Å²) in [6, 6.07) is 13.9. The lowest BCUT2D eigenvalue weighted by Crippen LogP contribution is -2.49. The second-order valence-corrected chi connectivity index (χ2v) is 10.2. The fourth-order valence-corrected chi connectivity index (χ4v) is 7.74. The minimum absolute atomic E-state index is 0.699. The lowest BCUT2D eigenvalue weighted by molar-refractivity contribution is 1.13. The third kappa shape index (κ3) is 2.24. The van der Waals surface area contributed by atoms with Gasteiger partial charge in [-0.05, 0) is 12.0 Å². The summed E-state index contributed by atoms with van der Waals surface area (Å²) in [5, 5.41) is 1.62. The van der Waals surface area contributed by atoms with Crippen LogP contribution in [0.15, 0.2) is 54.1 Å². The zero-order valence-corrected chi connectivity index (χ0v) is 12.8. The van der Waals surface area contributed by atoms with Crippen molar-refractivity contribution in [3.05, 3.63) is 54.1 Å². The summed E-state index contributed by atoms with van der Waals surface area (Å²) in [5.41, 5.74) is 2.22. The Morgan fingerprint density at radius 1 is 1.00 bits per heavy atom. The molecule has 0 fully saturated rings. The summed E-state index contributed by atoms with van der Waals surface area (Å²) >= 11 is 0. The number of allylic oxidation sites excluding steroid dienone is 4. The van der Waals surface area contributed by atoms with Gasteiger partial charge in [-0.1, -0.05) is 92.2 Å². The standard InChI is InChI=1S/C17H24Si/c1-4-15-12-13-17(14-15)18(5-2,6-3)16-10-8-7-9-11-16/h7-14,17H,4-6H2,1-3H3. The van der Waals surface area contributed by atoms with Crippen molar-refractivity contribution in [3.8, 4) is 0 Å². The highest BCUT2D eigenvalue weighted by Gasteiger charge is 2.38. The SMILES string of the molecule is CCC1=CC([Si](CC)(CC)c2ccccc2)C=C1. The minimum atomic E-state index is -1.41. The van der Waals surface area contributed by atoms with E-state index in [0.717, 1.165) is 0 Å². The van der Waals surface area contributed by atoms with Crippen molar-refractivity contribution in [1.82, 2.24) is 0 Å². The minimum Gasteiger partial charge on any atom is -0.0797 e. The van der Waals surface area contributed by atoms with Crippen LogP contribution in [0.4, 0.5) is 0 Å². The predicted octanol–water partition coefficient (Wildman–Crippen LogP) is 4.66. The quantitative estimate of drug-likeness (QED) is 0.672. The average Bonchev–Trinajstić information content (AvgIpc) is 2.91. The van der Waals surface area contributed by atoms with Crippen molar-refractivity contribution < 1.29 is 0 Å². The van der Waals surface area contributed by atoms with E-state index in [1.54, 1.807) is 5.19 Å². The van der Waals surface area contributed by atoms with Gasteiger partial charge in [0.25, 0.3) is 0 Å². The van der Waals surface area contributed by atoms with E-state index in [1.807, 2.05) is 0 Å². The van der Waals surface area contributed by atoms with Crippen molar-refractivity contribution in [1.29, 1.82) is 0 Å². The van der Waals surface area contributed by atoms with Crippen LogP contribution in [0.5, 0.6) is 0 Å². The summed E-state index contributed by atoms with van der Waals surface area (Å²) in [5.74, 6) is 0. The Labute approximate surface area is 112 Å². The molecule has 1 aliphatic rings. The zero-order valence-electron chi connectivity index (χ0n) is 11.8. The normalized spacial score (nSPS) is 19.1. The molecular weight excluding hydrogens is 232 g/mol. The summed E-state index contributed by atoms with van der Waals surface area (Å²) in [4.78, 5) is 0. The molecule has 0 saturated carbocycles. The Bertz CT molecular complexity index is 438. The van der Waals surface area contributed by atoms with Gasteiger partial charge < -0.3 is 0 Å². The zero-order chi connectivity index (χ0) is 13.0. The number of benzene rings is 1. The summed E-state index contributed by atoms with van der Waals surface area (Å²) < 4.78 is 0. The molecule has 0 aromatic heterocycles. The molecular formula is C17H24Si. The van der Waals surface area contributed by atoms with Crippen LogP contribution >= 0.6 is 0 Å². The van der Waals surface area contributed by atoms with E-state index in [9.17, 15) is 0 Å². The van der Waals surface area contributed by atoms with Gasteiger partial charge in [-0.3, -0.25) is 0 Å². The lowest BCUT2D eigenvalue weighted by atomic mass is 10.2. The molecule has 0 saturated heterocycles. The molecule has 1 aromatic carbocycles. The maximum absolute atomic E-state index is 2.53. The molecule has 1 atom stereocenters. The van der Waals surface area contributed by atoms with Gasteiger partial charge in [0, 0.05) is 0 Å². The summed E-state index contributed by atoms with van der Waals surface area (Å²) in [6.07, 6.45) is 8.51. The highest BCUT2D eigenvalue weighted by Crippen LogP contribution is 2.37. The van der Waals surface area contributed by atoms with Crippen molar-refractivity contribution in [2.45, 2.75) is 44.8 Å². The van der Waals surface area contributed by atoms with Crippen LogP contribution in [0.25, 0.3) is 0 Å². The average molecular weight is 256 g/mol. The van der Waals surface area contributed by atoms with E-state index in [-0.39, 0.29) is 0 Å². The highest BCUT2D eigenvalue weighted by molar-refractivity contribution is 6.93. The Balaban J connectivity index is 2.40. The first-order valence-electron chi connectivity index (χ1n) is 7.21. The lowest BCUT2D eigenvalue weighted by Gasteiger charge is -2.34. The Hall–Kier alpha value is -1.08. The van der Waals surface area contributed by atoms with Crippen LogP contribution in [0.1, 0.15) is 27.2 Å². The molecule has 0 nitrogen and oxygen atoms in total. The molecule has 1 unspecified atom stereocenters. The van der Waals surface area contributed by atoms with Gasteiger partial charge in [0.1, 0.15) is 0 Å². The topological polar surface area (TPSA) is 0 Å². The van der Waals surface area contributed by atoms with E-state index >= 15 is 0 Å². The molecule has 96 valence electrons. The fraction of sp³-hybridized carbons (Fsp3) is 0.412. The molecule has 2 rings (SSSR count). The van der Waals surface area contributed by atoms with E-state index in [0.29, 0.717) is 5.54 Å². The molecule has 0 spiro atoms.